The van der Waals surface area contributed by atoms with E-state index in [9.17, 15) is 0 Å². The van der Waals surface area contributed by atoms with Gasteiger partial charge in [0.1, 0.15) is 0 Å². The first-order valence-corrected chi connectivity index (χ1v) is 9.99. The molecule has 0 bridgehead atoms. The fraction of sp³-hybridized carbons (Fsp3) is 0.100. The quantitative estimate of drug-likeness (QED) is 0.293. The molecule has 0 unspecified atom stereocenters. The number of hydrogen-bond acceptors (Lipinski definition) is 4. The zero-order chi connectivity index (χ0) is 16.6. The predicted molar refractivity (Wildman–Crippen MR) is 107 cm³/mol. The molecule has 0 radical (unpaired) electrons. The topological polar surface area (TPSA) is 25.2 Å². The molecule has 3 rings (SSSR count). The molecule has 0 fully saturated rings. The van der Waals surface area contributed by atoms with E-state index in [1.807, 2.05) is 42.6 Å². The number of aromatic nitrogens is 1. The number of aliphatic imine (C=N–C) groups is 1. The van der Waals surface area contributed by atoms with Gasteiger partial charge in [-0.15, -0.1) is 0 Å². The summed E-state index contributed by atoms with van der Waals surface area (Å²) in [6, 6.07) is 24.6. The second-order valence-corrected chi connectivity index (χ2v) is 7.38. The van der Waals surface area contributed by atoms with Crippen LogP contribution in [0.5, 0.6) is 0 Å². The van der Waals surface area contributed by atoms with Gasteiger partial charge in [0.2, 0.25) is 0 Å². The van der Waals surface area contributed by atoms with Gasteiger partial charge in [-0.3, -0.25) is 4.98 Å². The van der Waals surface area contributed by atoms with Crippen molar-refractivity contribution in [2.45, 2.75) is 18.2 Å². The van der Waals surface area contributed by atoms with Crippen LogP contribution in [0.4, 0.5) is 5.69 Å². The van der Waals surface area contributed by atoms with E-state index in [-0.39, 0.29) is 0 Å². The van der Waals surface area contributed by atoms with Crippen LogP contribution >= 0.6 is 21.6 Å². The van der Waals surface area contributed by atoms with Crippen molar-refractivity contribution in [3.8, 4) is 11.3 Å². The Morgan fingerprint density at radius 2 is 1.67 bits per heavy atom. The van der Waals surface area contributed by atoms with Crippen LogP contribution in [0.3, 0.4) is 0 Å². The Kier molecular flexibility index (Phi) is 6.10. The Hall–Kier alpha value is -2.04. The van der Waals surface area contributed by atoms with Gasteiger partial charge in [0.25, 0.3) is 0 Å². The summed E-state index contributed by atoms with van der Waals surface area (Å²) in [6.45, 7) is 2.14. The first-order chi connectivity index (χ1) is 11.8. The monoisotopic (exact) mass is 350 g/mol. The third kappa shape index (κ3) is 4.73. The lowest BCUT2D eigenvalue weighted by Crippen LogP contribution is -1.86. The normalized spacial score (nSPS) is 11.5. The van der Waals surface area contributed by atoms with Crippen molar-refractivity contribution in [1.82, 2.24) is 4.98 Å². The summed E-state index contributed by atoms with van der Waals surface area (Å²) in [4.78, 5) is 10.4. The fourth-order valence-electron chi connectivity index (χ4n) is 2.11. The van der Waals surface area contributed by atoms with Crippen molar-refractivity contribution in [2.24, 2.45) is 4.99 Å². The highest BCUT2D eigenvalue weighted by atomic mass is 33.1. The van der Waals surface area contributed by atoms with Gasteiger partial charge < -0.3 is 0 Å². The molecule has 0 aliphatic carbocycles. The maximum absolute atomic E-state index is 4.77. The lowest BCUT2D eigenvalue weighted by atomic mass is 10.1. The van der Waals surface area contributed by atoms with Crippen molar-refractivity contribution in [2.75, 3.05) is 0 Å². The van der Waals surface area contributed by atoms with Gasteiger partial charge in [0.15, 0.2) is 0 Å². The molecule has 0 N–H and O–H groups in total. The van der Waals surface area contributed by atoms with Crippen molar-refractivity contribution in [1.29, 1.82) is 0 Å². The first kappa shape index (κ1) is 16.8. The molecule has 0 aliphatic heterocycles. The largest absolute Gasteiger partial charge is 0.256 e. The molecular weight excluding hydrogens is 332 g/mol. The summed E-state index contributed by atoms with van der Waals surface area (Å²) < 4.78 is 0. The van der Waals surface area contributed by atoms with Gasteiger partial charge in [-0.2, -0.15) is 0 Å². The average molecular weight is 351 g/mol. The number of hydrogen-bond donors (Lipinski definition) is 0. The van der Waals surface area contributed by atoms with Crippen molar-refractivity contribution in [3.63, 3.8) is 0 Å². The molecule has 0 amide bonds. The predicted octanol–water partition coefficient (Wildman–Crippen LogP) is 6.63. The van der Waals surface area contributed by atoms with Crippen LogP contribution in [0, 0.1) is 0 Å². The molecule has 120 valence electrons. The molecule has 24 heavy (non-hydrogen) atoms. The highest BCUT2D eigenvalue weighted by molar-refractivity contribution is 8.82. The maximum atomic E-state index is 4.77. The minimum Gasteiger partial charge on any atom is -0.256 e. The van der Waals surface area contributed by atoms with Crippen LogP contribution < -0.4 is 0 Å². The van der Waals surface area contributed by atoms with E-state index >= 15 is 0 Å². The van der Waals surface area contributed by atoms with Gasteiger partial charge in [-0.1, -0.05) is 54.1 Å². The van der Waals surface area contributed by atoms with Gasteiger partial charge in [0, 0.05) is 16.7 Å². The van der Waals surface area contributed by atoms with E-state index in [2.05, 4.69) is 48.3 Å². The molecule has 3 aromatic rings. The van der Waals surface area contributed by atoms with E-state index < -0.39 is 0 Å². The van der Waals surface area contributed by atoms with Gasteiger partial charge in [0.05, 0.1) is 16.4 Å². The lowest BCUT2D eigenvalue weighted by Gasteiger charge is -2.04. The molecule has 1 heterocycles. The Morgan fingerprint density at radius 3 is 2.33 bits per heavy atom. The SMILES string of the molecule is CCC(=Nc1ccc(-c2ccccn2)cc1)SSc1ccccc1. The van der Waals surface area contributed by atoms with Crippen LogP contribution in [0.25, 0.3) is 11.3 Å². The van der Waals surface area contributed by atoms with E-state index in [0.29, 0.717) is 0 Å². The van der Waals surface area contributed by atoms with Crippen LogP contribution in [0.2, 0.25) is 0 Å². The van der Waals surface area contributed by atoms with Crippen molar-refractivity contribution >= 4 is 32.3 Å². The molecule has 2 nitrogen and oxygen atoms in total. The Bertz CT molecular complexity index is 785. The van der Waals surface area contributed by atoms with Gasteiger partial charge in [-0.05, 0) is 53.6 Å². The number of pyridine rings is 1. The molecule has 2 aromatic carbocycles. The lowest BCUT2D eigenvalue weighted by molar-refractivity contribution is 1.30. The van der Waals surface area contributed by atoms with E-state index in [1.54, 1.807) is 21.6 Å². The minimum atomic E-state index is 0.923. The number of benzene rings is 2. The zero-order valence-electron chi connectivity index (χ0n) is 13.4. The fourth-order valence-corrected chi connectivity index (χ4v) is 4.21. The Morgan fingerprint density at radius 1 is 0.917 bits per heavy atom. The summed E-state index contributed by atoms with van der Waals surface area (Å²) in [5, 5.41) is 1.12. The van der Waals surface area contributed by atoms with Crippen molar-refractivity contribution in [3.05, 3.63) is 79.0 Å². The molecular formula is C20H18N2S2. The Labute approximate surface area is 150 Å². The third-order valence-corrected chi connectivity index (χ3v) is 5.89. The smallest absolute Gasteiger partial charge is 0.0845 e. The van der Waals surface area contributed by atoms with E-state index in [0.717, 1.165) is 28.4 Å². The van der Waals surface area contributed by atoms with Crippen LogP contribution in [-0.2, 0) is 0 Å². The second-order valence-electron chi connectivity index (χ2n) is 5.10. The minimum absolute atomic E-state index is 0.923. The third-order valence-electron chi connectivity index (χ3n) is 3.36. The summed E-state index contributed by atoms with van der Waals surface area (Å²) >= 11 is 0. The molecule has 0 saturated heterocycles. The van der Waals surface area contributed by atoms with Crippen LogP contribution in [-0.4, -0.2) is 10.0 Å². The van der Waals surface area contributed by atoms with E-state index in [4.69, 9.17) is 4.99 Å². The zero-order valence-corrected chi connectivity index (χ0v) is 15.1. The molecule has 0 aliphatic rings. The summed E-state index contributed by atoms with van der Waals surface area (Å²) in [5.41, 5.74) is 3.07. The Balaban J connectivity index is 1.69. The summed E-state index contributed by atoms with van der Waals surface area (Å²) in [5.74, 6) is 0. The number of nitrogens with zero attached hydrogens (tertiary/aromatic N) is 2. The highest BCUT2D eigenvalue weighted by Gasteiger charge is 2.02. The first-order valence-electron chi connectivity index (χ1n) is 7.84. The average Bonchev–Trinajstić information content (AvgIpc) is 2.67. The second kappa shape index (κ2) is 8.71. The van der Waals surface area contributed by atoms with E-state index in [1.165, 1.54) is 4.90 Å². The molecule has 0 atom stereocenters. The highest BCUT2D eigenvalue weighted by Crippen LogP contribution is 2.34. The molecule has 4 heteroatoms. The summed E-state index contributed by atoms with van der Waals surface area (Å²) in [7, 11) is 3.47. The van der Waals surface area contributed by atoms with Gasteiger partial charge in [-0.25, -0.2) is 4.99 Å². The van der Waals surface area contributed by atoms with Crippen molar-refractivity contribution < 1.29 is 0 Å². The van der Waals surface area contributed by atoms with Crippen LogP contribution in [0.15, 0.2) is 88.9 Å². The van der Waals surface area contributed by atoms with Crippen LogP contribution in [0.1, 0.15) is 13.3 Å². The summed E-state index contributed by atoms with van der Waals surface area (Å²) in [6.07, 6.45) is 2.74. The standard InChI is InChI=1S/C20H18N2S2/c1-2-20(24-23-18-8-4-3-5-9-18)22-17-13-11-16(12-14-17)19-10-6-7-15-21-19/h3-15H,2H2,1H3. The van der Waals surface area contributed by atoms with Gasteiger partial charge >= 0.3 is 0 Å². The maximum Gasteiger partial charge on any atom is 0.0845 e. The molecule has 0 spiro atoms. The molecule has 1 aromatic heterocycles. The molecule has 0 saturated carbocycles. The number of rotatable bonds is 5.